The highest BCUT2D eigenvalue weighted by Crippen LogP contribution is 2.36. The van der Waals surface area contributed by atoms with Gasteiger partial charge in [-0.1, -0.05) is 22.0 Å². The predicted octanol–water partition coefficient (Wildman–Crippen LogP) is 3.88. The molecular formula is C20H20BrNO5S. The fourth-order valence-corrected chi connectivity index (χ4v) is 4.49. The van der Waals surface area contributed by atoms with E-state index in [1.165, 1.54) is 11.3 Å². The van der Waals surface area contributed by atoms with Gasteiger partial charge in [0.2, 0.25) is 0 Å². The lowest BCUT2D eigenvalue weighted by molar-refractivity contribution is -0.151. The molecule has 28 heavy (non-hydrogen) atoms. The molecule has 3 heterocycles. The number of likely N-dealkylation sites (tertiary alicyclic amines) is 1. The number of nitrogens with zero attached hydrogens (tertiary/aromatic N) is 1. The highest BCUT2D eigenvalue weighted by molar-refractivity contribution is 9.10. The number of piperidine rings is 1. The number of esters is 1. The Hall–Kier alpha value is -2.06. The number of hydrogen-bond acceptors (Lipinski definition) is 6. The molecule has 148 valence electrons. The topological polar surface area (TPSA) is 65.1 Å². The van der Waals surface area contributed by atoms with Crippen molar-refractivity contribution in [1.29, 1.82) is 0 Å². The van der Waals surface area contributed by atoms with Gasteiger partial charge in [-0.3, -0.25) is 9.59 Å². The van der Waals surface area contributed by atoms with Crippen molar-refractivity contribution in [2.24, 2.45) is 5.92 Å². The minimum atomic E-state index is -0.218. The molecule has 1 amide bonds. The van der Waals surface area contributed by atoms with Crippen LogP contribution >= 0.6 is 27.3 Å². The van der Waals surface area contributed by atoms with Gasteiger partial charge in [0.1, 0.15) is 19.8 Å². The monoisotopic (exact) mass is 465 g/mol. The van der Waals surface area contributed by atoms with E-state index in [2.05, 4.69) is 15.9 Å². The highest BCUT2D eigenvalue weighted by Gasteiger charge is 2.29. The smallest absolute Gasteiger partial charge is 0.309 e. The maximum Gasteiger partial charge on any atom is 0.309 e. The summed E-state index contributed by atoms with van der Waals surface area (Å²) in [5, 5.41) is 1.90. The van der Waals surface area contributed by atoms with Crippen molar-refractivity contribution in [3.63, 3.8) is 0 Å². The van der Waals surface area contributed by atoms with E-state index in [0.717, 1.165) is 14.9 Å². The summed E-state index contributed by atoms with van der Waals surface area (Å²) in [7, 11) is 0. The molecular weight excluding hydrogens is 446 g/mol. The molecule has 0 radical (unpaired) electrons. The van der Waals surface area contributed by atoms with Crippen molar-refractivity contribution in [3.05, 3.63) is 44.6 Å². The summed E-state index contributed by atoms with van der Waals surface area (Å²) >= 11 is 4.94. The van der Waals surface area contributed by atoms with E-state index >= 15 is 0 Å². The van der Waals surface area contributed by atoms with Crippen LogP contribution in [0.2, 0.25) is 0 Å². The summed E-state index contributed by atoms with van der Waals surface area (Å²) in [6, 6.07) is 7.39. The van der Waals surface area contributed by atoms with Gasteiger partial charge in [0.25, 0.3) is 5.91 Å². The van der Waals surface area contributed by atoms with Crippen molar-refractivity contribution >= 4 is 39.1 Å². The van der Waals surface area contributed by atoms with Crippen LogP contribution in [0.5, 0.6) is 11.5 Å². The summed E-state index contributed by atoms with van der Waals surface area (Å²) in [6.45, 7) is 2.36. The molecule has 0 aliphatic carbocycles. The fraction of sp³-hybridized carbons (Fsp3) is 0.400. The molecule has 0 N–H and O–H groups in total. The van der Waals surface area contributed by atoms with Crippen LogP contribution in [0.25, 0.3) is 0 Å². The largest absolute Gasteiger partial charge is 0.486 e. The molecule has 8 heteroatoms. The number of carbonyl (C=O) groups excluding carboxylic acids is 2. The fourth-order valence-electron chi connectivity index (χ4n) is 3.36. The van der Waals surface area contributed by atoms with Crippen molar-refractivity contribution in [2.45, 2.75) is 19.4 Å². The number of hydrogen-bond donors (Lipinski definition) is 0. The molecule has 1 aromatic carbocycles. The van der Waals surface area contributed by atoms with E-state index < -0.39 is 0 Å². The second-order valence-electron chi connectivity index (χ2n) is 6.74. The quantitative estimate of drug-likeness (QED) is 0.641. The zero-order valence-electron chi connectivity index (χ0n) is 15.2. The molecule has 0 unspecified atom stereocenters. The molecule has 1 saturated heterocycles. The van der Waals surface area contributed by atoms with Crippen LogP contribution in [0.3, 0.4) is 0 Å². The Kier molecular flexibility index (Phi) is 5.87. The number of fused-ring (bicyclic) bond motifs is 1. The number of ether oxygens (including phenoxy) is 3. The molecule has 0 saturated carbocycles. The van der Waals surface area contributed by atoms with Gasteiger partial charge in [-0.2, -0.15) is 0 Å². The van der Waals surface area contributed by atoms with E-state index in [1.54, 1.807) is 0 Å². The van der Waals surface area contributed by atoms with Crippen LogP contribution in [-0.4, -0.2) is 43.1 Å². The van der Waals surface area contributed by atoms with Gasteiger partial charge in [-0.05, 0) is 36.4 Å². The Morgan fingerprint density at radius 3 is 2.57 bits per heavy atom. The highest BCUT2D eigenvalue weighted by atomic mass is 79.9. The minimum Gasteiger partial charge on any atom is -0.486 e. The molecule has 0 spiro atoms. The molecule has 1 aromatic heterocycles. The Morgan fingerprint density at radius 2 is 1.89 bits per heavy atom. The van der Waals surface area contributed by atoms with Gasteiger partial charge in [-0.15, -0.1) is 11.3 Å². The molecule has 6 nitrogen and oxygen atoms in total. The Balaban J connectivity index is 1.30. The standard InChI is InChI=1S/C20H20BrNO5S/c21-15-11-17-16(25-7-8-26-17)10-14(15)12-27-20(24)13-3-5-22(6-4-13)19(23)18-2-1-9-28-18/h1-2,9-11,13H,3-8,12H2. The third-order valence-electron chi connectivity index (χ3n) is 4.93. The lowest BCUT2D eigenvalue weighted by atomic mass is 9.97. The summed E-state index contributed by atoms with van der Waals surface area (Å²) in [6.07, 6.45) is 1.25. The molecule has 2 aliphatic rings. The van der Waals surface area contributed by atoms with Crippen LogP contribution in [0, 0.1) is 5.92 Å². The Bertz CT molecular complexity index is 862. The predicted molar refractivity (Wildman–Crippen MR) is 108 cm³/mol. The average Bonchev–Trinajstić information content (AvgIpc) is 3.26. The van der Waals surface area contributed by atoms with Crippen molar-refractivity contribution in [1.82, 2.24) is 4.90 Å². The molecule has 0 atom stereocenters. The maximum atomic E-state index is 12.5. The van der Waals surface area contributed by atoms with Gasteiger partial charge in [0, 0.05) is 23.1 Å². The van der Waals surface area contributed by atoms with Crippen LogP contribution in [0.15, 0.2) is 34.1 Å². The Labute approximate surface area is 175 Å². The van der Waals surface area contributed by atoms with Gasteiger partial charge in [0.15, 0.2) is 11.5 Å². The zero-order valence-corrected chi connectivity index (χ0v) is 17.6. The first-order valence-electron chi connectivity index (χ1n) is 9.19. The molecule has 4 rings (SSSR count). The number of thiophene rings is 1. The van der Waals surface area contributed by atoms with Gasteiger partial charge < -0.3 is 19.1 Å². The SMILES string of the molecule is O=C(OCc1cc2c(cc1Br)OCCO2)C1CCN(C(=O)c2cccs2)CC1. The lowest BCUT2D eigenvalue weighted by Gasteiger charge is -2.30. The first kappa shape index (κ1) is 19.3. The minimum absolute atomic E-state index is 0.0435. The lowest BCUT2D eigenvalue weighted by Crippen LogP contribution is -2.40. The summed E-state index contributed by atoms with van der Waals surface area (Å²) < 4.78 is 17.5. The van der Waals surface area contributed by atoms with Gasteiger partial charge >= 0.3 is 5.97 Å². The molecule has 2 aliphatic heterocycles. The number of benzene rings is 1. The summed E-state index contributed by atoms with van der Waals surface area (Å²) in [5.74, 6) is 1.01. The van der Waals surface area contributed by atoms with Crippen molar-refractivity contribution in [2.75, 3.05) is 26.3 Å². The van der Waals surface area contributed by atoms with E-state index in [1.807, 2.05) is 34.5 Å². The van der Waals surface area contributed by atoms with E-state index in [-0.39, 0.29) is 24.4 Å². The summed E-state index contributed by atoms with van der Waals surface area (Å²) in [4.78, 5) is 27.4. The van der Waals surface area contributed by atoms with Crippen LogP contribution in [0.1, 0.15) is 28.1 Å². The first-order chi connectivity index (χ1) is 13.6. The van der Waals surface area contributed by atoms with Crippen LogP contribution in [0.4, 0.5) is 0 Å². The van der Waals surface area contributed by atoms with Gasteiger partial charge in [0.05, 0.1) is 10.8 Å². The normalized spacial score (nSPS) is 16.7. The average molecular weight is 466 g/mol. The van der Waals surface area contributed by atoms with Crippen LogP contribution < -0.4 is 9.47 Å². The van der Waals surface area contributed by atoms with E-state index in [9.17, 15) is 9.59 Å². The molecule has 2 aromatic rings. The second-order valence-corrected chi connectivity index (χ2v) is 8.54. The molecule has 1 fully saturated rings. The van der Waals surface area contributed by atoms with E-state index in [4.69, 9.17) is 14.2 Å². The summed E-state index contributed by atoms with van der Waals surface area (Å²) in [5.41, 5.74) is 0.836. The molecule has 0 bridgehead atoms. The number of amides is 1. The van der Waals surface area contributed by atoms with Crippen molar-refractivity contribution in [3.8, 4) is 11.5 Å². The third-order valence-corrected chi connectivity index (χ3v) is 6.52. The second kappa shape index (κ2) is 8.53. The third kappa shape index (κ3) is 4.17. The maximum absolute atomic E-state index is 12.5. The van der Waals surface area contributed by atoms with Crippen molar-refractivity contribution < 1.29 is 23.8 Å². The van der Waals surface area contributed by atoms with E-state index in [0.29, 0.717) is 50.6 Å². The van der Waals surface area contributed by atoms with Gasteiger partial charge in [-0.25, -0.2) is 0 Å². The Morgan fingerprint density at radius 1 is 1.18 bits per heavy atom. The number of halogens is 1. The number of carbonyl (C=O) groups is 2. The first-order valence-corrected chi connectivity index (χ1v) is 10.9. The number of rotatable bonds is 4. The zero-order chi connectivity index (χ0) is 19.5. The van der Waals surface area contributed by atoms with Crippen LogP contribution in [-0.2, 0) is 16.1 Å².